The van der Waals surface area contributed by atoms with Gasteiger partial charge in [-0.2, -0.15) is 0 Å². The van der Waals surface area contributed by atoms with Gasteiger partial charge in [0.05, 0.1) is 23.7 Å². The zero-order chi connectivity index (χ0) is 18.5. The summed E-state index contributed by atoms with van der Waals surface area (Å²) in [7, 11) is 1.66. The van der Waals surface area contributed by atoms with E-state index in [9.17, 15) is 4.79 Å². The summed E-state index contributed by atoms with van der Waals surface area (Å²) in [5.41, 5.74) is 1.57. The Balaban J connectivity index is 1.76. The first kappa shape index (κ1) is 19.0. The number of benzene rings is 2. The lowest BCUT2D eigenvalue weighted by atomic mass is 10.0. The van der Waals surface area contributed by atoms with Crippen LogP contribution in [0.5, 0.6) is 5.75 Å². The molecular formula is C20H22Cl2N2O2. The molecule has 1 N–H and O–H groups in total. The lowest BCUT2D eigenvalue weighted by molar-refractivity contribution is 0.0938. The van der Waals surface area contributed by atoms with Crippen LogP contribution in [-0.2, 0) is 0 Å². The van der Waals surface area contributed by atoms with E-state index in [1.807, 2.05) is 18.2 Å². The van der Waals surface area contributed by atoms with Gasteiger partial charge in [0.1, 0.15) is 5.75 Å². The molecule has 1 saturated heterocycles. The molecule has 1 aliphatic rings. The monoisotopic (exact) mass is 392 g/mol. The lowest BCUT2D eigenvalue weighted by Crippen LogP contribution is -2.36. The Hall–Kier alpha value is -1.75. The fourth-order valence-corrected chi connectivity index (χ4v) is 3.81. The van der Waals surface area contributed by atoms with E-state index in [0.29, 0.717) is 22.2 Å². The molecule has 1 aliphatic heterocycles. The van der Waals surface area contributed by atoms with Crippen LogP contribution in [0.2, 0.25) is 10.0 Å². The molecule has 0 saturated carbocycles. The zero-order valence-corrected chi connectivity index (χ0v) is 16.2. The van der Waals surface area contributed by atoms with Gasteiger partial charge in [0, 0.05) is 11.6 Å². The second-order valence-corrected chi connectivity index (χ2v) is 7.21. The van der Waals surface area contributed by atoms with Crippen LogP contribution in [-0.4, -0.2) is 37.6 Å². The van der Waals surface area contributed by atoms with E-state index >= 15 is 0 Å². The lowest BCUT2D eigenvalue weighted by Gasteiger charge is -2.28. The van der Waals surface area contributed by atoms with Gasteiger partial charge >= 0.3 is 0 Å². The molecule has 1 fully saturated rings. The number of nitrogens with one attached hydrogen (secondary N) is 1. The van der Waals surface area contributed by atoms with Crippen LogP contribution in [0.4, 0.5) is 0 Å². The van der Waals surface area contributed by atoms with Gasteiger partial charge in [-0.15, -0.1) is 0 Å². The third kappa shape index (κ3) is 4.50. The van der Waals surface area contributed by atoms with E-state index in [4.69, 9.17) is 27.9 Å². The normalized spacial score (nSPS) is 15.7. The van der Waals surface area contributed by atoms with Gasteiger partial charge < -0.3 is 10.1 Å². The van der Waals surface area contributed by atoms with Crippen molar-refractivity contribution in [3.8, 4) is 5.75 Å². The number of nitrogens with zero attached hydrogens (tertiary/aromatic N) is 1. The number of methoxy groups -OCH3 is 1. The van der Waals surface area contributed by atoms with Crippen molar-refractivity contribution in [2.24, 2.45) is 0 Å². The Bertz CT molecular complexity index is 776. The van der Waals surface area contributed by atoms with Gasteiger partial charge in [-0.1, -0.05) is 35.3 Å². The number of hydrogen-bond donors (Lipinski definition) is 1. The Morgan fingerprint density at radius 1 is 1.19 bits per heavy atom. The fraction of sp³-hybridized carbons (Fsp3) is 0.350. The van der Waals surface area contributed by atoms with Crippen molar-refractivity contribution in [2.45, 2.75) is 18.9 Å². The van der Waals surface area contributed by atoms with E-state index < -0.39 is 0 Å². The smallest absolute Gasteiger partial charge is 0.252 e. The maximum Gasteiger partial charge on any atom is 0.252 e. The van der Waals surface area contributed by atoms with Crippen LogP contribution >= 0.6 is 23.2 Å². The highest BCUT2D eigenvalue weighted by Gasteiger charge is 2.24. The highest BCUT2D eigenvalue weighted by molar-refractivity contribution is 6.36. The average Bonchev–Trinajstić information content (AvgIpc) is 3.16. The van der Waals surface area contributed by atoms with Crippen LogP contribution in [0.1, 0.15) is 34.8 Å². The summed E-state index contributed by atoms with van der Waals surface area (Å²) in [4.78, 5) is 15.0. The maximum atomic E-state index is 12.6. The minimum atomic E-state index is -0.196. The molecule has 6 heteroatoms. The van der Waals surface area contributed by atoms with Gasteiger partial charge in [-0.05, 0) is 61.8 Å². The first-order valence-electron chi connectivity index (χ1n) is 8.69. The predicted molar refractivity (Wildman–Crippen MR) is 105 cm³/mol. The third-order valence-corrected chi connectivity index (χ3v) is 5.24. The van der Waals surface area contributed by atoms with Crippen LogP contribution < -0.4 is 10.1 Å². The second-order valence-electron chi connectivity index (χ2n) is 6.37. The number of amides is 1. The molecule has 1 heterocycles. The molecule has 0 bridgehead atoms. The predicted octanol–water partition coefficient (Wildman–Crippen LogP) is 4.57. The Morgan fingerprint density at radius 2 is 1.96 bits per heavy atom. The van der Waals surface area contributed by atoms with E-state index in [1.54, 1.807) is 25.3 Å². The van der Waals surface area contributed by atoms with Gasteiger partial charge in [0.2, 0.25) is 0 Å². The summed E-state index contributed by atoms with van der Waals surface area (Å²) in [5, 5.41) is 3.89. The summed E-state index contributed by atoms with van der Waals surface area (Å²) in [6.07, 6.45) is 2.36. The molecule has 2 aromatic rings. The average molecular weight is 393 g/mol. The van der Waals surface area contributed by atoms with Crippen LogP contribution in [0, 0.1) is 0 Å². The minimum absolute atomic E-state index is 0.0997. The molecule has 0 spiro atoms. The van der Waals surface area contributed by atoms with Gasteiger partial charge in [0.25, 0.3) is 5.91 Å². The quantitative estimate of drug-likeness (QED) is 0.782. The molecule has 138 valence electrons. The zero-order valence-electron chi connectivity index (χ0n) is 14.7. The number of halogens is 2. The van der Waals surface area contributed by atoms with E-state index in [-0.39, 0.29) is 11.9 Å². The van der Waals surface area contributed by atoms with Crippen LogP contribution in [0.15, 0.2) is 42.5 Å². The first-order valence-corrected chi connectivity index (χ1v) is 9.45. The number of ether oxygens (including phenoxy) is 1. The van der Waals surface area contributed by atoms with E-state index in [0.717, 1.165) is 24.4 Å². The molecule has 0 radical (unpaired) electrons. The molecule has 1 amide bonds. The van der Waals surface area contributed by atoms with Crippen molar-refractivity contribution < 1.29 is 9.53 Å². The SMILES string of the molecule is COc1cccc([C@@H](CNC(=O)c2ccc(Cl)cc2Cl)N2CCCC2)c1. The minimum Gasteiger partial charge on any atom is -0.497 e. The molecule has 4 nitrogen and oxygen atoms in total. The molecular weight excluding hydrogens is 371 g/mol. The highest BCUT2D eigenvalue weighted by Crippen LogP contribution is 2.27. The summed E-state index contributed by atoms with van der Waals surface area (Å²) in [6, 6.07) is 13.0. The fourth-order valence-electron chi connectivity index (χ4n) is 3.32. The van der Waals surface area contributed by atoms with Crippen molar-refractivity contribution >= 4 is 29.1 Å². The standard InChI is InChI=1S/C20H22Cl2N2O2/c1-26-16-6-4-5-14(11-16)19(24-9-2-3-10-24)13-23-20(25)17-8-7-15(21)12-18(17)22/h4-8,11-12,19H,2-3,9-10,13H2,1H3,(H,23,25)/t19-/m1/s1. The second kappa shape index (κ2) is 8.76. The Labute approximate surface area is 164 Å². The van der Waals surface area contributed by atoms with Gasteiger partial charge in [-0.25, -0.2) is 0 Å². The van der Waals surface area contributed by atoms with Crippen molar-refractivity contribution in [3.05, 3.63) is 63.6 Å². The van der Waals surface area contributed by atoms with Crippen molar-refractivity contribution in [1.29, 1.82) is 0 Å². The number of hydrogen-bond acceptors (Lipinski definition) is 3. The maximum absolute atomic E-state index is 12.6. The molecule has 1 atom stereocenters. The molecule has 26 heavy (non-hydrogen) atoms. The number of carbonyl (C=O) groups is 1. The summed E-state index contributed by atoms with van der Waals surface area (Å²) < 4.78 is 5.35. The summed E-state index contributed by atoms with van der Waals surface area (Å²) in [5.74, 6) is 0.623. The van der Waals surface area contributed by atoms with E-state index in [1.165, 1.54) is 12.8 Å². The number of carbonyl (C=O) groups excluding carboxylic acids is 1. The largest absolute Gasteiger partial charge is 0.497 e. The van der Waals surface area contributed by atoms with Gasteiger partial charge in [0.15, 0.2) is 0 Å². The summed E-state index contributed by atoms with van der Waals surface area (Å²) in [6.45, 7) is 2.56. The van der Waals surface area contributed by atoms with Crippen molar-refractivity contribution in [1.82, 2.24) is 10.2 Å². The molecule has 0 aliphatic carbocycles. The third-order valence-electron chi connectivity index (χ3n) is 4.69. The van der Waals surface area contributed by atoms with Crippen LogP contribution in [0.25, 0.3) is 0 Å². The molecule has 0 unspecified atom stereocenters. The van der Waals surface area contributed by atoms with Crippen molar-refractivity contribution in [2.75, 3.05) is 26.7 Å². The number of likely N-dealkylation sites (tertiary alicyclic amines) is 1. The molecule has 2 aromatic carbocycles. The summed E-state index contributed by atoms with van der Waals surface area (Å²) >= 11 is 12.1. The van der Waals surface area contributed by atoms with E-state index in [2.05, 4.69) is 16.3 Å². The topological polar surface area (TPSA) is 41.6 Å². The number of rotatable bonds is 6. The highest BCUT2D eigenvalue weighted by atomic mass is 35.5. The Kier molecular flexibility index (Phi) is 6.41. The van der Waals surface area contributed by atoms with Crippen LogP contribution in [0.3, 0.4) is 0 Å². The molecule has 0 aromatic heterocycles. The molecule has 3 rings (SSSR count). The Morgan fingerprint density at radius 3 is 2.65 bits per heavy atom. The van der Waals surface area contributed by atoms with Crippen molar-refractivity contribution in [3.63, 3.8) is 0 Å². The van der Waals surface area contributed by atoms with Gasteiger partial charge in [-0.3, -0.25) is 9.69 Å². The first-order chi connectivity index (χ1) is 12.6.